The molecule has 164 valence electrons. The Labute approximate surface area is 187 Å². The Hall–Kier alpha value is -2.20. The molecule has 0 radical (unpaired) electrons. The van der Waals surface area contributed by atoms with E-state index < -0.39 is 10.0 Å². The second-order valence-electron chi connectivity index (χ2n) is 7.54. The van der Waals surface area contributed by atoms with Crippen molar-refractivity contribution in [2.75, 3.05) is 26.2 Å². The molecular weight excluding hydrogens is 432 g/mol. The van der Waals surface area contributed by atoms with E-state index in [1.165, 1.54) is 23.5 Å². The molecule has 7 nitrogen and oxygen atoms in total. The van der Waals surface area contributed by atoms with Gasteiger partial charge in [-0.25, -0.2) is 18.4 Å². The fourth-order valence-electron chi connectivity index (χ4n) is 3.46. The predicted molar refractivity (Wildman–Crippen MR) is 120 cm³/mol. The van der Waals surface area contributed by atoms with Crippen molar-refractivity contribution in [1.29, 1.82) is 0 Å². The van der Waals surface area contributed by atoms with E-state index in [2.05, 4.69) is 27.0 Å². The smallest absolute Gasteiger partial charge is 0.244 e. The van der Waals surface area contributed by atoms with Crippen LogP contribution in [0, 0.1) is 13.8 Å². The SMILES string of the molecule is Cc1nc(CSc2ccc(S(=O)(=O)N3CCN(Cc4ccccc4)CC3)cn2)oc1C. The monoisotopic (exact) mass is 458 g/mol. The highest BCUT2D eigenvalue weighted by molar-refractivity contribution is 7.98. The third-order valence-electron chi connectivity index (χ3n) is 5.34. The molecule has 9 heteroatoms. The van der Waals surface area contributed by atoms with Gasteiger partial charge in [0.15, 0.2) is 0 Å². The molecule has 0 spiro atoms. The van der Waals surface area contributed by atoms with Crippen LogP contribution in [0.2, 0.25) is 0 Å². The van der Waals surface area contributed by atoms with Gasteiger partial charge in [0.2, 0.25) is 15.9 Å². The normalized spacial score (nSPS) is 15.9. The van der Waals surface area contributed by atoms with Crippen LogP contribution in [-0.4, -0.2) is 53.8 Å². The van der Waals surface area contributed by atoms with Crippen LogP contribution in [0.5, 0.6) is 0 Å². The summed E-state index contributed by atoms with van der Waals surface area (Å²) < 4.78 is 33.2. The standard InChI is InChI=1S/C22H26N4O3S2/c1-17-18(2)29-21(24-17)16-30-22-9-8-20(14-23-22)31(27,28)26-12-10-25(11-13-26)15-19-6-4-3-5-7-19/h3-9,14H,10-13,15-16H2,1-2H3. The van der Waals surface area contributed by atoms with Crippen molar-refractivity contribution < 1.29 is 12.8 Å². The largest absolute Gasteiger partial charge is 0.445 e. The number of oxazole rings is 1. The van der Waals surface area contributed by atoms with Gasteiger partial charge in [0.25, 0.3) is 0 Å². The van der Waals surface area contributed by atoms with E-state index in [1.54, 1.807) is 16.4 Å². The third-order valence-corrected chi connectivity index (χ3v) is 8.15. The number of aryl methyl sites for hydroxylation is 2. The number of sulfonamides is 1. The lowest BCUT2D eigenvalue weighted by Gasteiger charge is -2.33. The minimum Gasteiger partial charge on any atom is -0.445 e. The first-order valence-electron chi connectivity index (χ1n) is 10.2. The van der Waals surface area contributed by atoms with Crippen molar-refractivity contribution in [3.63, 3.8) is 0 Å². The molecular formula is C22H26N4O3S2. The zero-order chi connectivity index (χ0) is 21.8. The van der Waals surface area contributed by atoms with Crippen molar-refractivity contribution in [2.24, 2.45) is 0 Å². The van der Waals surface area contributed by atoms with E-state index >= 15 is 0 Å². The molecule has 1 aromatic carbocycles. The van der Waals surface area contributed by atoms with Crippen molar-refractivity contribution in [3.8, 4) is 0 Å². The fraction of sp³-hybridized carbons (Fsp3) is 0.364. The maximum atomic E-state index is 13.0. The molecule has 0 aliphatic carbocycles. The summed E-state index contributed by atoms with van der Waals surface area (Å²) in [6.07, 6.45) is 1.44. The topological polar surface area (TPSA) is 79.5 Å². The lowest BCUT2D eigenvalue weighted by Crippen LogP contribution is -2.48. The molecule has 3 aromatic rings. The highest BCUT2D eigenvalue weighted by Gasteiger charge is 2.28. The van der Waals surface area contributed by atoms with Gasteiger partial charge in [-0.3, -0.25) is 4.90 Å². The molecule has 0 bridgehead atoms. The summed E-state index contributed by atoms with van der Waals surface area (Å²) in [5.74, 6) is 2.01. The van der Waals surface area contributed by atoms with Gasteiger partial charge >= 0.3 is 0 Å². The first-order valence-corrected chi connectivity index (χ1v) is 12.6. The van der Waals surface area contributed by atoms with Crippen LogP contribution < -0.4 is 0 Å². The molecule has 0 atom stereocenters. The molecule has 3 heterocycles. The summed E-state index contributed by atoms with van der Waals surface area (Å²) in [5, 5.41) is 0.736. The molecule has 2 aromatic heterocycles. The molecule has 0 N–H and O–H groups in total. The first kappa shape index (κ1) is 22.0. The number of thioether (sulfide) groups is 1. The number of piperazine rings is 1. The highest BCUT2D eigenvalue weighted by Crippen LogP contribution is 2.24. The van der Waals surface area contributed by atoms with E-state index in [9.17, 15) is 8.42 Å². The lowest BCUT2D eigenvalue weighted by atomic mass is 10.2. The van der Waals surface area contributed by atoms with Gasteiger partial charge in [0.05, 0.1) is 16.5 Å². The van der Waals surface area contributed by atoms with Gasteiger partial charge < -0.3 is 4.42 Å². The number of nitrogens with zero attached hydrogens (tertiary/aromatic N) is 4. The number of aromatic nitrogens is 2. The summed E-state index contributed by atoms with van der Waals surface area (Å²) in [5.41, 5.74) is 2.13. The van der Waals surface area contributed by atoms with Gasteiger partial charge in [-0.05, 0) is 31.5 Å². The first-order chi connectivity index (χ1) is 14.9. The van der Waals surface area contributed by atoms with Crippen LogP contribution in [0.25, 0.3) is 0 Å². The van der Waals surface area contributed by atoms with Gasteiger partial charge in [0.1, 0.15) is 10.7 Å². The Morgan fingerprint density at radius 1 is 1.03 bits per heavy atom. The zero-order valence-electron chi connectivity index (χ0n) is 17.7. The number of hydrogen-bond donors (Lipinski definition) is 0. The lowest BCUT2D eigenvalue weighted by molar-refractivity contribution is 0.181. The van der Waals surface area contributed by atoms with E-state index in [0.29, 0.717) is 37.8 Å². The van der Waals surface area contributed by atoms with Gasteiger partial charge in [-0.15, -0.1) is 0 Å². The highest BCUT2D eigenvalue weighted by atomic mass is 32.2. The van der Waals surface area contributed by atoms with Gasteiger partial charge in [-0.1, -0.05) is 42.1 Å². The Morgan fingerprint density at radius 2 is 1.77 bits per heavy atom. The van der Waals surface area contributed by atoms with Crippen LogP contribution in [0.4, 0.5) is 0 Å². The number of hydrogen-bond acceptors (Lipinski definition) is 7. The molecule has 0 saturated carbocycles. The quantitative estimate of drug-likeness (QED) is 0.502. The van der Waals surface area contributed by atoms with Crippen molar-refractivity contribution in [1.82, 2.24) is 19.2 Å². The van der Waals surface area contributed by atoms with E-state index in [0.717, 1.165) is 23.0 Å². The zero-order valence-corrected chi connectivity index (χ0v) is 19.3. The fourth-order valence-corrected chi connectivity index (χ4v) is 5.51. The molecule has 0 amide bonds. The summed E-state index contributed by atoms with van der Waals surface area (Å²) >= 11 is 1.47. The second kappa shape index (κ2) is 9.52. The number of rotatable bonds is 7. The Morgan fingerprint density at radius 3 is 2.39 bits per heavy atom. The average molecular weight is 459 g/mol. The second-order valence-corrected chi connectivity index (χ2v) is 10.5. The van der Waals surface area contributed by atoms with Crippen LogP contribution >= 0.6 is 11.8 Å². The van der Waals surface area contributed by atoms with Crippen LogP contribution in [0.15, 0.2) is 63.0 Å². The Bertz CT molecular complexity index is 1090. The van der Waals surface area contributed by atoms with E-state index in [4.69, 9.17) is 4.42 Å². The third kappa shape index (κ3) is 5.35. The van der Waals surface area contributed by atoms with Crippen molar-refractivity contribution in [2.45, 2.75) is 36.1 Å². The summed E-state index contributed by atoms with van der Waals surface area (Å²) in [6, 6.07) is 13.6. The minimum atomic E-state index is -3.54. The molecule has 0 unspecified atom stereocenters. The molecule has 1 aliphatic rings. The molecule has 1 fully saturated rings. The maximum Gasteiger partial charge on any atom is 0.244 e. The molecule has 4 rings (SSSR count). The Kier molecular flexibility index (Phi) is 6.76. The predicted octanol–water partition coefficient (Wildman–Crippen LogP) is 3.49. The summed E-state index contributed by atoms with van der Waals surface area (Å²) in [4.78, 5) is 11.2. The molecule has 1 saturated heterocycles. The molecule has 1 aliphatic heterocycles. The van der Waals surface area contributed by atoms with E-state index in [1.807, 2.05) is 32.0 Å². The van der Waals surface area contributed by atoms with Crippen molar-refractivity contribution in [3.05, 3.63) is 71.6 Å². The van der Waals surface area contributed by atoms with Crippen LogP contribution in [-0.2, 0) is 22.3 Å². The van der Waals surface area contributed by atoms with E-state index in [-0.39, 0.29) is 4.90 Å². The van der Waals surface area contributed by atoms with Crippen LogP contribution in [0.3, 0.4) is 0 Å². The summed E-state index contributed by atoms with van der Waals surface area (Å²) in [7, 11) is -3.54. The maximum absolute atomic E-state index is 13.0. The minimum absolute atomic E-state index is 0.233. The van der Waals surface area contributed by atoms with Gasteiger partial charge in [0, 0.05) is 38.9 Å². The number of pyridine rings is 1. The molecule has 31 heavy (non-hydrogen) atoms. The Balaban J connectivity index is 1.33. The average Bonchev–Trinajstić information content (AvgIpc) is 3.11. The van der Waals surface area contributed by atoms with Gasteiger partial charge in [-0.2, -0.15) is 4.31 Å². The summed E-state index contributed by atoms with van der Waals surface area (Å²) in [6.45, 7) is 7.02. The van der Waals surface area contributed by atoms with Crippen molar-refractivity contribution >= 4 is 21.8 Å². The number of benzene rings is 1. The van der Waals surface area contributed by atoms with Crippen LogP contribution in [0.1, 0.15) is 22.9 Å².